The number of aryl methyl sites for hydroxylation is 1. The summed E-state index contributed by atoms with van der Waals surface area (Å²) >= 11 is 0. The summed E-state index contributed by atoms with van der Waals surface area (Å²) in [5.74, 6) is 0.688. The number of benzene rings is 1. The van der Waals surface area contributed by atoms with Gasteiger partial charge >= 0.3 is 0 Å². The zero-order valence-corrected chi connectivity index (χ0v) is 9.64. The van der Waals surface area contributed by atoms with Gasteiger partial charge in [0.05, 0.1) is 0 Å². The van der Waals surface area contributed by atoms with Crippen molar-refractivity contribution in [1.29, 1.82) is 5.26 Å². The number of nitrogens with zero attached hydrogens (tertiary/aromatic N) is 2. The highest BCUT2D eigenvalue weighted by atomic mass is 15.0. The van der Waals surface area contributed by atoms with Gasteiger partial charge in [0.25, 0.3) is 0 Å². The van der Waals surface area contributed by atoms with E-state index in [0.717, 1.165) is 12.1 Å². The minimum atomic E-state index is 0.417. The van der Waals surface area contributed by atoms with E-state index >= 15 is 0 Å². The van der Waals surface area contributed by atoms with E-state index in [9.17, 15) is 0 Å². The third-order valence-corrected chi connectivity index (χ3v) is 2.50. The lowest BCUT2D eigenvalue weighted by atomic mass is 10.1. The fourth-order valence-corrected chi connectivity index (χ4v) is 1.54. The molecule has 0 radical (unpaired) electrons. The van der Waals surface area contributed by atoms with E-state index < -0.39 is 0 Å². The van der Waals surface area contributed by atoms with Gasteiger partial charge in [0.15, 0.2) is 0 Å². The van der Waals surface area contributed by atoms with E-state index in [-0.39, 0.29) is 0 Å². The van der Waals surface area contributed by atoms with E-state index in [0.29, 0.717) is 11.5 Å². The number of rotatable bonds is 3. The van der Waals surface area contributed by atoms with Gasteiger partial charge in [-0.3, -0.25) is 0 Å². The number of nitriles is 1. The van der Waals surface area contributed by atoms with Crippen LogP contribution in [0.1, 0.15) is 18.2 Å². The summed E-state index contributed by atoms with van der Waals surface area (Å²) < 4.78 is 0. The summed E-state index contributed by atoms with van der Waals surface area (Å²) in [6.45, 7) is 2.13. The van der Waals surface area contributed by atoms with Crippen LogP contribution in [0.4, 0.5) is 11.5 Å². The zero-order valence-electron chi connectivity index (χ0n) is 9.64. The largest absolute Gasteiger partial charge is 0.340 e. The molecule has 3 heteroatoms. The average molecular weight is 223 g/mol. The molecular weight excluding hydrogens is 210 g/mol. The molecule has 0 unspecified atom stereocenters. The van der Waals surface area contributed by atoms with Gasteiger partial charge < -0.3 is 5.32 Å². The highest BCUT2D eigenvalue weighted by Gasteiger charge is 1.97. The van der Waals surface area contributed by atoms with E-state index in [2.05, 4.69) is 29.4 Å². The second kappa shape index (κ2) is 5.13. The maximum Gasteiger partial charge on any atom is 0.142 e. The maximum absolute atomic E-state index is 8.76. The molecule has 2 rings (SSSR count). The third-order valence-electron chi connectivity index (χ3n) is 2.50. The highest BCUT2D eigenvalue weighted by molar-refractivity contribution is 5.56. The number of aromatic nitrogens is 1. The highest BCUT2D eigenvalue weighted by Crippen LogP contribution is 2.15. The molecule has 0 amide bonds. The molecule has 0 saturated heterocycles. The molecule has 1 aromatic carbocycles. The Morgan fingerprint density at radius 2 is 1.94 bits per heavy atom. The van der Waals surface area contributed by atoms with Crippen molar-refractivity contribution in [2.75, 3.05) is 5.32 Å². The van der Waals surface area contributed by atoms with Crippen molar-refractivity contribution >= 4 is 11.5 Å². The monoisotopic (exact) mass is 223 g/mol. The Balaban J connectivity index is 2.16. The van der Waals surface area contributed by atoms with Crippen LogP contribution >= 0.6 is 0 Å². The van der Waals surface area contributed by atoms with E-state index in [1.807, 2.05) is 30.3 Å². The van der Waals surface area contributed by atoms with Crippen LogP contribution in [0.3, 0.4) is 0 Å². The van der Waals surface area contributed by atoms with E-state index in [4.69, 9.17) is 5.26 Å². The molecule has 3 nitrogen and oxygen atoms in total. The summed E-state index contributed by atoms with van der Waals surface area (Å²) in [5, 5.41) is 11.9. The predicted molar refractivity (Wildman–Crippen MR) is 68.1 cm³/mol. The molecule has 0 aliphatic heterocycles. The van der Waals surface area contributed by atoms with Gasteiger partial charge in [0.2, 0.25) is 0 Å². The molecule has 0 atom stereocenters. The molecular formula is C14H13N3. The molecule has 0 bridgehead atoms. The van der Waals surface area contributed by atoms with Gasteiger partial charge in [-0.25, -0.2) is 4.98 Å². The van der Waals surface area contributed by atoms with Crippen LogP contribution in [0.25, 0.3) is 0 Å². The minimum absolute atomic E-state index is 0.417. The molecule has 0 aliphatic carbocycles. The van der Waals surface area contributed by atoms with Crippen LogP contribution in [0.2, 0.25) is 0 Å². The lowest BCUT2D eigenvalue weighted by Gasteiger charge is -2.06. The van der Waals surface area contributed by atoms with Gasteiger partial charge in [-0.2, -0.15) is 5.26 Å². The second-order valence-corrected chi connectivity index (χ2v) is 3.70. The molecule has 0 fully saturated rings. The van der Waals surface area contributed by atoms with Gasteiger partial charge in [0, 0.05) is 5.69 Å². The Labute approximate surface area is 101 Å². The molecule has 2 aromatic rings. The average Bonchev–Trinajstić information content (AvgIpc) is 2.40. The summed E-state index contributed by atoms with van der Waals surface area (Å²) in [6.07, 6.45) is 1.03. The fourth-order valence-electron chi connectivity index (χ4n) is 1.54. The van der Waals surface area contributed by atoms with Crippen LogP contribution in [-0.2, 0) is 6.42 Å². The van der Waals surface area contributed by atoms with Crippen molar-refractivity contribution in [2.24, 2.45) is 0 Å². The molecule has 84 valence electrons. The first-order valence-corrected chi connectivity index (χ1v) is 5.55. The standard InChI is InChI=1S/C14H13N3/c1-2-11-6-8-12(9-7-11)16-14-5-3-4-13(10-15)17-14/h3-9H,2H2,1H3,(H,16,17). The predicted octanol–water partition coefficient (Wildman–Crippen LogP) is 3.26. The summed E-state index contributed by atoms with van der Waals surface area (Å²) in [6, 6.07) is 15.5. The Hall–Kier alpha value is -2.34. The Morgan fingerprint density at radius 1 is 1.18 bits per heavy atom. The molecule has 1 heterocycles. The van der Waals surface area contributed by atoms with Gasteiger partial charge in [-0.15, -0.1) is 0 Å². The smallest absolute Gasteiger partial charge is 0.142 e. The quantitative estimate of drug-likeness (QED) is 0.868. The van der Waals surface area contributed by atoms with Crippen molar-refractivity contribution in [3.8, 4) is 6.07 Å². The Morgan fingerprint density at radius 3 is 2.59 bits per heavy atom. The van der Waals surface area contributed by atoms with Crippen molar-refractivity contribution < 1.29 is 0 Å². The fraction of sp³-hybridized carbons (Fsp3) is 0.143. The summed E-state index contributed by atoms with van der Waals surface area (Å²) in [7, 11) is 0. The number of anilines is 2. The first kappa shape index (κ1) is 11.2. The lowest BCUT2D eigenvalue weighted by Crippen LogP contribution is -1.94. The SMILES string of the molecule is CCc1ccc(Nc2cccc(C#N)n2)cc1. The number of hydrogen-bond acceptors (Lipinski definition) is 3. The third kappa shape index (κ3) is 2.82. The van der Waals surface area contributed by atoms with Crippen molar-refractivity contribution in [1.82, 2.24) is 4.98 Å². The molecule has 1 N–H and O–H groups in total. The van der Waals surface area contributed by atoms with Crippen LogP contribution in [-0.4, -0.2) is 4.98 Å². The van der Waals surface area contributed by atoms with Crippen LogP contribution in [0, 0.1) is 11.3 Å². The maximum atomic E-state index is 8.76. The first-order chi connectivity index (χ1) is 8.31. The number of nitrogens with one attached hydrogen (secondary N) is 1. The topological polar surface area (TPSA) is 48.7 Å². The van der Waals surface area contributed by atoms with Gasteiger partial charge in [0.1, 0.15) is 17.6 Å². The first-order valence-electron chi connectivity index (χ1n) is 5.55. The summed E-state index contributed by atoms with van der Waals surface area (Å²) in [5.41, 5.74) is 2.69. The number of hydrogen-bond donors (Lipinski definition) is 1. The van der Waals surface area contributed by atoms with Crippen molar-refractivity contribution in [2.45, 2.75) is 13.3 Å². The zero-order chi connectivity index (χ0) is 12.1. The Kier molecular flexibility index (Phi) is 3.37. The molecule has 17 heavy (non-hydrogen) atoms. The number of pyridine rings is 1. The normalized spacial score (nSPS) is 9.65. The molecule has 0 saturated carbocycles. The van der Waals surface area contributed by atoms with E-state index in [1.165, 1.54) is 5.56 Å². The summed E-state index contributed by atoms with van der Waals surface area (Å²) in [4.78, 5) is 4.16. The van der Waals surface area contributed by atoms with E-state index in [1.54, 1.807) is 6.07 Å². The van der Waals surface area contributed by atoms with Crippen molar-refractivity contribution in [3.05, 3.63) is 53.7 Å². The molecule has 0 spiro atoms. The molecule has 0 aliphatic rings. The van der Waals surface area contributed by atoms with Gasteiger partial charge in [-0.05, 0) is 36.2 Å². The molecule has 1 aromatic heterocycles. The van der Waals surface area contributed by atoms with Crippen molar-refractivity contribution in [3.63, 3.8) is 0 Å². The van der Waals surface area contributed by atoms with Crippen LogP contribution in [0.15, 0.2) is 42.5 Å². The Bertz CT molecular complexity index is 538. The van der Waals surface area contributed by atoms with Crippen LogP contribution < -0.4 is 5.32 Å². The van der Waals surface area contributed by atoms with Gasteiger partial charge in [-0.1, -0.05) is 25.1 Å². The minimum Gasteiger partial charge on any atom is -0.340 e. The lowest BCUT2D eigenvalue weighted by molar-refractivity contribution is 1.14. The van der Waals surface area contributed by atoms with Crippen LogP contribution in [0.5, 0.6) is 0 Å². The second-order valence-electron chi connectivity index (χ2n) is 3.70.